The molecule has 5 heteroatoms. The van der Waals surface area contributed by atoms with E-state index in [2.05, 4.69) is 17.6 Å². The van der Waals surface area contributed by atoms with Gasteiger partial charge in [0.1, 0.15) is 0 Å². The summed E-state index contributed by atoms with van der Waals surface area (Å²) in [5.41, 5.74) is 4.31. The Labute approximate surface area is 148 Å². The second-order valence-electron chi connectivity index (χ2n) is 5.66. The van der Waals surface area contributed by atoms with Crippen molar-refractivity contribution in [2.24, 2.45) is 0 Å². The van der Waals surface area contributed by atoms with Gasteiger partial charge in [-0.25, -0.2) is 4.79 Å². The molecule has 0 spiro atoms. The monoisotopic (exact) mass is 340 g/mol. The Morgan fingerprint density at radius 2 is 1.76 bits per heavy atom. The van der Waals surface area contributed by atoms with Gasteiger partial charge in [-0.15, -0.1) is 0 Å². The van der Waals surface area contributed by atoms with Crippen LogP contribution in [0.1, 0.15) is 35.3 Å². The predicted octanol–water partition coefficient (Wildman–Crippen LogP) is 3.78. The molecule has 0 aliphatic heterocycles. The third-order valence-electron chi connectivity index (χ3n) is 3.85. The van der Waals surface area contributed by atoms with Crippen molar-refractivity contribution < 1.29 is 14.3 Å². The largest absolute Gasteiger partial charge is 0.462 e. The normalized spacial score (nSPS) is 10.2. The molecule has 0 aromatic heterocycles. The van der Waals surface area contributed by atoms with Crippen LogP contribution in [-0.2, 0) is 16.0 Å². The molecule has 0 saturated carbocycles. The Balaban J connectivity index is 1.93. The maximum absolute atomic E-state index is 12.2. The Kier molecular flexibility index (Phi) is 6.57. The molecule has 2 N–H and O–H groups in total. The van der Waals surface area contributed by atoms with Gasteiger partial charge in [0.2, 0.25) is 5.91 Å². The number of nitrogens with one attached hydrogen (secondary N) is 2. The summed E-state index contributed by atoms with van der Waals surface area (Å²) in [7, 11) is 0. The maximum Gasteiger partial charge on any atom is 0.338 e. The zero-order chi connectivity index (χ0) is 18.2. The molecule has 0 aliphatic carbocycles. The van der Waals surface area contributed by atoms with Gasteiger partial charge in [0, 0.05) is 11.4 Å². The van der Waals surface area contributed by atoms with Gasteiger partial charge in [0.05, 0.1) is 18.7 Å². The Morgan fingerprint density at radius 1 is 1.04 bits per heavy atom. The molecule has 25 heavy (non-hydrogen) atoms. The highest BCUT2D eigenvalue weighted by Crippen LogP contribution is 2.21. The highest BCUT2D eigenvalue weighted by molar-refractivity contribution is 5.95. The van der Waals surface area contributed by atoms with E-state index in [-0.39, 0.29) is 18.4 Å². The lowest BCUT2D eigenvalue weighted by molar-refractivity contribution is -0.114. The summed E-state index contributed by atoms with van der Waals surface area (Å²) in [6.07, 6.45) is 0.861. The summed E-state index contributed by atoms with van der Waals surface area (Å²) < 4.78 is 4.94. The van der Waals surface area contributed by atoms with Gasteiger partial charge >= 0.3 is 5.97 Å². The van der Waals surface area contributed by atoms with Crippen LogP contribution in [-0.4, -0.2) is 25.0 Å². The van der Waals surface area contributed by atoms with E-state index in [0.717, 1.165) is 28.9 Å². The Hall–Kier alpha value is -2.82. The number of anilines is 2. The first kappa shape index (κ1) is 18.5. The quantitative estimate of drug-likeness (QED) is 0.753. The van der Waals surface area contributed by atoms with Crippen molar-refractivity contribution in [2.45, 2.75) is 27.2 Å². The zero-order valence-electron chi connectivity index (χ0n) is 14.9. The number of benzene rings is 2. The minimum absolute atomic E-state index is 0.113. The molecular weight excluding hydrogens is 316 g/mol. The average molecular weight is 340 g/mol. The molecule has 2 aromatic carbocycles. The SMILES string of the molecule is CCOC(=O)c1ccc(NCC(=O)Nc2c(C)cccc2CC)cc1. The van der Waals surface area contributed by atoms with Gasteiger partial charge in [0.25, 0.3) is 0 Å². The highest BCUT2D eigenvalue weighted by atomic mass is 16.5. The molecule has 2 aromatic rings. The standard InChI is InChI=1S/C20H24N2O3/c1-4-15-8-6-7-14(3)19(15)22-18(23)13-21-17-11-9-16(10-12-17)20(24)25-5-2/h6-12,21H,4-5,13H2,1-3H3,(H,22,23). The molecule has 2 rings (SSSR count). The average Bonchev–Trinajstić information content (AvgIpc) is 2.62. The summed E-state index contributed by atoms with van der Waals surface area (Å²) in [5.74, 6) is -0.461. The van der Waals surface area contributed by atoms with E-state index in [4.69, 9.17) is 4.74 Å². The number of carbonyl (C=O) groups excluding carboxylic acids is 2. The topological polar surface area (TPSA) is 67.4 Å². The smallest absolute Gasteiger partial charge is 0.338 e. The van der Waals surface area contributed by atoms with E-state index in [1.165, 1.54) is 0 Å². The van der Waals surface area contributed by atoms with Crippen molar-refractivity contribution in [3.63, 3.8) is 0 Å². The first-order chi connectivity index (χ1) is 12.0. The number of carbonyl (C=O) groups is 2. The molecule has 1 amide bonds. The molecule has 0 heterocycles. The van der Waals surface area contributed by atoms with E-state index < -0.39 is 0 Å². The lowest BCUT2D eigenvalue weighted by Crippen LogP contribution is -2.23. The minimum Gasteiger partial charge on any atom is -0.462 e. The number of hydrogen-bond donors (Lipinski definition) is 2. The van der Waals surface area contributed by atoms with E-state index in [1.54, 1.807) is 31.2 Å². The third kappa shape index (κ3) is 5.08. The number of para-hydroxylation sites is 1. The molecule has 0 atom stereocenters. The lowest BCUT2D eigenvalue weighted by atomic mass is 10.1. The van der Waals surface area contributed by atoms with Crippen molar-refractivity contribution in [2.75, 3.05) is 23.8 Å². The zero-order valence-corrected chi connectivity index (χ0v) is 14.9. The van der Waals surface area contributed by atoms with E-state index in [0.29, 0.717) is 12.2 Å². The number of rotatable bonds is 7. The van der Waals surface area contributed by atoms with Crippen LogP contribution >= 0.6 is 0 Å². The first-order valence-corrected chi connectivity index (χ1v) is 8.44. The van der Waals surface area contributed by atoms with Crippen LogP contribution < -0.4 is 10.6 Å². The van der Waals surface area contributed by atoms with Gasteiger partial charge < -0.3 is 15.4 Å². The summed E-state index contributed by atoms with van der Waals surface area (Å²) in [5, 5.41) is 6.03. The first-order valence-electron chi connectivity index (χ1n) is 8.44. The fourth-order valence-corrected chi connectivity index (χ4v) is 2.51. The molecule has 0 radical (unpaired) electrons. The van der Waals surface area contributed by atoms with Crippen molar-refractivity contribution in [3.05, 3.63) is 59.2 Å². The molecular formula is C20H24N2O3. The Morgan fingerprint density at radius 3 is 2.40 bits per heavy atom. The summed E-state index contributed by atoms with van der Waals surface area (Å²) in [4.78, 5) is 23.8. The summed E-state index contributed by atoms with van der Waals surface area (Å²) in [6, 6.07) is 12.9. The second-order valence-corrected chi connectivity index (χ2v) is 5.66. The molecule has 0 fully saturated rings. The van der Waals surface area contributed by atoms with Crippen LogP contribution in [0.15, 0.2) is 42.5 Å². The fourth-order valence-electron chi connectivity index (χ4n) is 2.51. The Bertz CT molecular complexity index is 739. The number of esters is 1. The van der Waals surface area contributed by atoms with E-state index in [9.17, 15) is 9.59 Å². The van der Waals surface area contributed by atoms with Gasteiger partial charge in [-0.2, -0.15) is 0 Å². The molecule has 0 saturated heterocycles. The predicted molar refractivity (Wildman–Crippen MR) is 100 cm³/mol. The number of aryl methyl sites for hydroxylation is 2. The summed E-state index contributed by atoms with van der Waals surface area (Å²) in [6.45, 7) is 6.31. The number of amides is 1. The molecule has 0 unspecified atom stereocenters. The maximum atomic E-state index is 12.2. The number of ether oxygens (including phenoxy) is 1. The number of hydrogen-bond acceptors (Lipinski definition) is 4. The van der Waals surface area contributed by atoms with Gasteiger partial charge in [-0.05, 0) is 55.7 Å². The molecule has 5 nitrogen and oxygen atoms in total. The van der Waals surface area contributed by atoms with Gasteiger partial charge in [0.15, 0.2) is 0 Å². The molecule has 0 aliphatic rings. The van der Waals surface area contributed by atoms with Crippen LogP contribution in [0.3, 0.4) is 0 Å². The lowest BCUT2D eigenvalue weighted by Gasteiger charge is -2.13. The van der Waals surface area contributed by atoms with Gasteiger partial charge in [-0.3, -0.25) is 4.79 Å². The van der Waals surface area contributed by atoms with Crippen LogP contribution in [0.25, 0.3) is 0 Å². The third-order valence-corrected chi connectivity index (χ3v) is 3.85. The van der Waals surface area contributed by atoms with Crippen molar-refractivity contribution in [1.82, 2.24) is 0 Å². The van der Waals surface area contributed by atoms with Crippen molar-refractivity contribution >= 4 is 23.3 Å². The summed E-state index contributed by atoms with van der Waals surface area (Å²) >= 11 is 0. The van der Waals surface area contributed by atoms with Gasteiger partial charge in [-0.1, -0.05) is 25.1 Å². The fraction of sp³-hybridized carbons (Fsp3) is 0.300. The van der Waals surface area contributed by atoms with Crippen LogP contribution in [0, 0.1) is 6.92 Å². The van der Waals surface area contributed by atoms with Crippen molar-refractivity contribution in [3.8, 4) is 0 Å². The minimum atomic E-state index is -0.349. The second kappa shape index (κ2) is 8.87. The highest BCUT2D eigenvalue weighted by Gasteiger charge is 2.09. The molecule has 132 valence electrons. The van der Waals surface area contributed by atoms with Crippen molar-refractivity contribution in [1.29, 1.82) is 0 Å². The van der Waals surface area contributed by atoms with Crippen LogP contribution in [0.4, 0.5) is 11.4 Å². The molecule has 0 bridgehead atoms. The van der Waals surface area contributed by atoms with E-state index in [1.807, 2.05) is 25.1 Å². The van der Waals surface area contributed by atoms with Crippen LogP contribution in [0.5, 0.6) is 0 Å². The van der Waals surface area contributed by atoms with Crippen LogP contribution in [0.2, 0.25) is 0 Å². The van der Waals surface area contributed by atoms with E-state index >= 15 is 0 Å².